The molecule has 0 radical (unpaired) electrons. The number of rotatable bonds is 12. The predicted molar refractivity (Wildman–Crippen MR) is 123 cm³/mol. The first-order chi connectivity index (χ1) is 14.1. The molecule has 162 valence electrons. The molecule has 0 spiro atoms. The normalized spacial score (nSPS) is 16.9. The van der Waals surface area contributed by atoms with Crippen LogP contribution in [0.25, 0.3) is 0 Å². The Morgan fingerprint density at radius 3 is 2.48 bits per heavy atom. The molecule has 0 bridgehead atoms. The molecule has 1 amide bonds. The van der Waals surface area contributed by atoms with E-state index in [4.69, 9.17) is 16.4 Å². The van der Waals surface area contributed by atoms with E-state index in [1.54, 1.807) is 4.90 Å². The van der Waals surface area contributed by atoms with Crippen molar-refractivity contribution in [2.24, 2.45) is 17.0 Å². The van der Waals surface area contributed by atoms with Gasteiger partial charge in [0.15, 0.2) is 6.73 Å². The number of anilines is 1. The van der Waals surface area contributed by atoms with Crippen LogP contribution in [-0.2, 0) is 9.63 Å². The average Bonchev–Trinajstić information content (AvgIpc) is 3.27. The SMILES string of the molecule is CCCCCC(C(C)CC)C(Cl)C(=O)N(CON=C1CCCC1)c1ccccc1. The molecule has 3 unspecified atom stereocenters. The molecule has 29 heavy (non-hydrogen) atoms. The van der Waals surface area contributed by atoms with Crippen LogP contribution in [0.4, 0.5) is 5.69 Å². The van der Waals surface area contributed by atoms with Gasteiger partial charge in [0.2, 0.25) is 5.91 Å². The van der Waals surface area contributed by atoms with Gasteiger partial charge in [-0.05, 0) is 56.1 Å². The van der Waals surface area contributed by atoms with Gasteiger partial charge in [-0.3, -0.25) is 9.69 Å². The Balaban J connectivity index is 2.13. The summed E-state index contributed by atoms with van der Waals surface area (Å²) in [7, 11) is 0. The predicted octanol–water partition coefficient (Wildman–Crippen LogP) is 6.77. The number of hydrogen-bond donors (Lipinski definition) is 0. The zero-order chi connectivity index (χ0) is 21.1. The Hall–Kier alpha value is -1.55. The largest absolute Gasteiger partial charge is 0.373 e. The topological polar surface area (TPSA) is 41.9 Å². The van der Waals surface area contributed by atoms with Crippen molar-refractivity contribution in [1.29, 1.82) is 0 Å². The lowest BCUT2D eigenvalue weighted by Crippen LogP contribution is -2.42. The Bertz CT molecular complexity index is 627. The second-order valence-corrected chi connectivity index (χ2v) is 8.64. The first kappa shape index (κ1) is 23.7. The smallest absolute Gasteiger partial charge is 0.248 e. The van der Waals surface area contributed by atoms with Crippen molar-refractivity contribution in [2.75, 3.05) is 11.6 Å². The summed E-state index contributed by atoms with van der Waals surface area (Å²) in [4.78, 5) is 20.7. The number of nitrogens with zero attached hydrogens (tertiary/aromatic N) is 2. The van der Waals surface area contributed by atoms with E-state index in [1.807, 2.05) is 30.3 Å². The maximum absolute atomic E-state index is 13.4. The van der Waals surface area contributed by atoms with Crippen molar-refractivity contribution >= 4 is 28.9 Å². The van der Waals surface area contributed by atoms with Crippen LogP contribution < -0.4 is 4.90 Å². The molecule has 1 fully saturated rings. The summed E-state index contributed by atoms with van der Waals surface area (Å²) in [6.45, 7) is 6.66. The van der Waals surface area contributed by atoms with Crippen LogP contribution in [0.15, 0.2) is 35.5 Å². The molecule has 0 heterocycles. The summed E-state index contributed by atoms with van der Waals surface area (Å²) in [6.07, 6.45) is 9.76. The second-order valence-electron chi connectivity index (χ2n) is 8.17. The minimum absolute atomic E-state index is 0.0914. The van der Waals surface area contributed by atoms with Crippen molar-refractivity contribution < 1.29 is 9.63 Å². The zero-order valence-corrected chi connectivity index (χ0v) is 19.0. The summed E-state index contributed by atoms with van der Waals surface area (Å²) >= 11 is 6.82. The van der Waals surface area contributed by atoms with Gasteiger partial charge in [-0.15, -0.1) is 11.6 Å². The van der Waals surface area contributed by atoms with Crippen molar-refractivity contribution in [1.82, 2.24) is 0 Å². The molecule has 1 aliphatic rings. The molecular formula is C24H37ClN2O2. The summed E-state index contributed by atoms with van der Waals surface area (Å²) < 4.78 is 0. The van der Waals surface area contributed by atoms with Gasteiger partial charge in [0.1, 0.15) is 5.38 Å². The summed E-state index contributed by atoms with van der Waals surface area (Å²) in [5, 5.41) is 3.70. The van der Waals surface area contributed by atoms with E-state index >= 15 is 0 Å². The van der Waals surface area contributed by atoms with Gasteiger partial charge in [0, 0.05) is 5.69 Å². The van der Waals surface area contributed by atoms with E-state index in [9.17, 15) is 4.79 Å². The van der Waals surface area contributed by atoms with Crippen LogP contribution in [-0.4, -0.2) is 23.7 Å². The van der Waals surface area contributed by atoms with Crippen LogP contribution in [0.5, 0.6) is 0 Å². The lowest BCUT2D eigenvalue weighted by atomic mass is 9.84. The fourth-order valence-electron chi connectivity index (χ4n) is 3.91. The van der Waals surface area contributed by atoms with Crippen LogP contribution in [0.2, 0.25) is 0 Å². The van der Waals surface area contributed by atoms with Gasteiger partial charge in [-0.1, -0.05) is 69.8 Å². The highest BCUT2D eigenvalue weighted by molar-refractivity contribution is 6.33. The van der Waals surface area contributed by atoms with Crippen LogP contribution in [0, 0.1) is 11.8 Å². The molecule has 4 nitrogen and oxygen atoms in total. The Morgan fingerprint density at radius 1 is 1.17 bits per heavy atom. The van der Waals surface area contributed by atoms with E-state index in [1.165, 1.54) is 25.7 Å². The van der Waals surface area contributed by atoms with Gasteiger partial charge >= 0.3 is 0 Å². The standard InChI is InChI=1S/C24H37ClN2O2/c1-4-6-8-17-22(19(3)5-2)23(25)24(28)27(21-15-9-7-10-16-21)18-29-26-20-13-11-12-14-20/h7,9-10,15-16,19,22-23H,4-6,8,11-14,17-18H2,1-3H3. The third-order valence-electron chi connectivity index (χ3n) is 6.02. The van der Waals surface area contributed by atoms with E-state index in [0.29, 0.717) is 5.92 Å². The molecule has 1 aromatic carbocycles. The molecule has 1 saturated carbocycles. The Morgan fingerprint density at radius 2 is 1.86 bits per heavy atom. The lowest BCUT2D eigenvalue weighted by Gasteiger charge is -2.31. The van der Waals surface area contributed by atoms with E-state index in [2.05, 4.69) is 25.9 Å². The number of oxime groups is 1. The maximum Gasteiger partial charge on any atom is 0.248 e. The number of para-hydroxylation sites is 1. The number of benzene rings is 1. The first-order valence-electron chi connectivity index (χ1n) is 11.3. The van der Waals surface area contributed by atoms with Crippen LogP contribution in [0.1, 0.15) is 78.6 Å². The van der Waals surface area contributed by atoms with Gasteiger partial charge in [0.05, 0.1) is 5.71 Å². The molecule has 0 aromatic heterocycles. The molecule has 2 rings (SSSR count). The highest BCUT2D eigenvalue weighted by Gasteiger charge is 2.33. The van der Waals surface area contributed by atoms with Crippen molar-refractivity contribution in [3.05, 3.63) is 30.3 Å². The third kappa shape index (κ3) is 7.33. The van der Waals surface area contributed by atoms with E-state index in [0.717, 1.165) is 43.5 Å². The first-order valence-corrected chi connectivity index (χ1v) is 11.7. The van der Waals surface area contributed by atoms with Gasteiger partial charge < -0.3 is 4.84 Å². The second kappa shape index (κ2) is 12.9. The highest BCUT2D eigenvalue weighted by atomic mass is 35.5. The van der Waals surface area contributed by atoms with Crippen LogP contribution >= 0.6 is 11.6 Å². The average molecular weight is 421 g/mol. The minimum Gasteiger partial charge on any atom is -0.373 e. The van der Waals surface area contributed by atoms with Crippen LogP contribution in [0.3, 0.4) is 0 Å². The monoisotopic (exact) mass is 420 g/mol. The molecule has 1 aromatic rings. The number of halogens is 1. The Kier molecular flexibility index (Phi) is 10.5. The van der Waals surface area contributed by atoms with Gasteiger partial charge in [0.25, 0.3) is 0 Å². The third-order valence-corrected chi connectivity index (χ3v) is 6.53. The molecule has 0 N–H and O–H groups in total. The number of hydrogen-bond acceptors (Lipinski definition) is 3. The summed E-state index contributed by atoms with van der Waals surface area (Å²) in [5.41, 5.74) is 1.89. The van der Waals surface area contributed by atoms with Crippen molar-refractivity contribution in [2.45, 2.75) is 83.9 Å². The maximum atomic E-state index is 13.4. The van der Waals surface area contributed by atoms with Gasteiger partial charge in [-0.2, -0.15) is 0 Å². The zero-order valence-electron chi connectivity index (χ0n) is 18.3. The molecule has 5 heteroatoms. The molecular weight excluding hydrogens is 384 g/mol. The number of alkyl halides is 1. The molecule has 0 aliphatic heterocycles. The summed E-state index contributed by atoms with van der Waals surface area (Å²) in [6, 6.07) is 9.63. The quantitative estimate of drug-likeness (QED) is 0.162. The number of amides is 1. The molecule has 3 atom stereocenters. The van der Waals surface area contributed by atoms with E-state index < -0.39 is 5.38 Å². The fraction of sp³-hybridized carbons (Fsp3) is 0.667. The van der Waals surface area contributed by atoms with Crippen molar-refractivity contribution in [3.8, 4) is 0 Å². The van der Waals surface area contributed by atoms with E-state index in [-0.39, 0.29) is 18.6 Å². The number of carbonyl (C=O) groups is 1. The molecule has 1 aliphatic carbocycles. The number of unbranched alkanes of at least 4 members (excludes halogenated alkanes) is 2. The molecule has 0 saturated heterocycles. The summed E-state index contributed by atoms with van der Waals surface area (Å²) in [5.74, 6) is 0.468. The fourth-order valence-corrected chi connectivity index (χ4v) is 4.40. The lowest BCUT2D eigenvalue weighted by molar-refractivity contribution is -0.120. The van der Waals surface area contributed by atoms with Crippen molar-refractivity contribution in [3.63, 3.8) is 0 Å². The van der Waals surface area contributed by atoms with Gasteiger partial charge in [-0.25, -0.2) is 0 Å². The Labute approximate surface area is 181 Å². The minimum atomic E-state index is -0.565. The highest BCUT2D eigenvalue weighted by Crippen LogP contribution is 2.31. The number of carbonyl (C=O) groups excluding carboxylic acids is 1.